The molecule has 1 aromatic rings. The molecule has 0 aliphatic rings. The lowest BCUT2D eigenvalue weighted by Crippen LogP contribution is -2.25. The van der Waals surface area contributed by atoms with Crippen LogP contribution in [0.1, 0.15) is 12.8 Å². The second kappa shape index (κ2) is 5.86. The van der Waals surface area contributed by atoms with Crippen molar-refractivity contribution in [2.75, 3.05) is 19.1 Å². The van der Waals surface area contributed by atoms with Gasteiger partial charge in [-0.25, -0.2) is 0 Å². The maximum Gasteiger partial charge on any atom is 0.306 e. The van der Waals surface area contributed by atoms with E-state index in [-0.39, 0.29) is 24.7 Å². The van der Waals surface area contributed by atoms with Crippen LogP contribution in [0.2, 0.25) is 4.34 Å². The predicted molar refractivity (Wildman–Crippen MR) is 64.0 cm³/mol. The third kappa shape index (κ3) is 3.50. The lowest BCUT2D eigenvalue weighted by atomic mass is 10.3. The molecule has 88 valence electrons. The van der Waals surface area contributed by atoms with E-state index in [1.54, 1.807) is 19.2 Å². The smallest absolute Gasteiger partial charge is 0.306 e. The SMILES string of the molecule is COC(=O)CCC(=O)N(C)c1ccc(Cl)s1. The number of halogens is 1. The number of anilines is 1. The van der Waals surface area contributed by atoms with E-state index in [0.29, 0.717) is 4.34 Å². The molecular weight excluding hydrogens is 250 g/mol. The number of amides is 1. The Kier molecular flexibility index (Phi) is 4.76. The zero-order valence-electron chi connectivity index (χ0n) is 9.03. The van der Waals surface area contributed by atoms with Crippen LogP contribution in [0.3, 0.4) is 0 Å². The summed E-state index contributed by atoms with van der Waals surface area (Å²) in [6, 6.07) is 3.49. The molecule has 1 amide bonds. The first-order valence-corrected chi connectivity index (χ1v) is 5.82. The Morgan fingerprint density at radius 2 is 2.12 bits per heavy atom. The summed E-state index contributed by atoms with van der Waals surface area (Å²) in [5.74, 6) is -0.519. The number of methoxy groups -OCH3 is 1. The number of ether oxygens (including phenoxy) is 1. The average molecular weight is 262 g/mol. The van der Waals surface area contributed by atoms with Crippen molar-refractivity contribution < 1.29 is 14.3 Å². The summed E-state index contributed by atoms with van der Waals surface area (Å²) in [5.41, 5.74) is 0. The van der Waals surface area contributed by atoms with Gasteiger partial charge in [-0.05, 0) is 12.1 Å². The van der Waals surface area contributed by atoms with E-state index in [2.05, 4.69) is 4.74 Å². The number of hydrogen-bond donors (Lipinski definition) is 0. The van der Waals surface area contributed by atoms with E-state index in [4.69, 9.17) is 11.6 Å². The van der Waals surface area contributed by atoms with Crippen LogP contribution in [0.5, 0.6) is 0 Å². The highest BCUT2D eigenvalue weighted by atomic mass is 35.5. The summed E-state index contributed by atoms with van der Waals surface area (Å²) in [6.45, 7) is 0. The number of esters is 1. The van der Waals surface area contributed by atoms with Gasteiger partial charge in [0.15, 0.2) is 0 Å². The molecule has 0 N–H and O–H groups in total. The van der Waals surface area contributed by atoms with Gasteiger partial charge >= 0.3 is 5.97 Å². The highest BCUT2D eigenvalue weighted by Gasteiger charge is 2.14. The monoisotopic (exact) mass is 261 g/mol. The molecule has 0 atom stereocenters. The van der Waals surface area contributed by atoms with Crippen LogP contribution in [0.15, 0.2) is 12.1 Å². The Labute approximate surface area is 103 Å². The molecule has 0 aromatic carbocycles. The number of rotatable bonds is 4. The van der Waals surface area contributed by atoms with E-state index in [1.165, 1.54) is 23.3 Å². The Bertz CT molecular complexity index is 391. The molecule has 0 radical (unpaired) electrons. The molecule has 1 heterocycles. The van der Waals surface area contributed by atoms with Gasteiger partial charge in [-0.2, -0.15) is 0 Å². The third-order valence-electron chi connectivity index (χ3n) is 2.03. The van der Waals surface area contributed by atoms with E-state index in [1.807, 2.05) is 0 Å². The Morgan fingerprint density at radius 1 is 1.44 bits per heavy atom. The molecule has 0 saturated heterocycles. The van der Waals surface area contributed by atoms with Crippen molar-refractivity contribution in [2.24, 2.45) is 0 Å². The highest BCUT2D eigenvalue weighted by Crippen LogP contribution is 2.29. The first-order valence-electron chi connectivity index (χ1n) is 4.63. The zero-order valence-corrected chi connectivity index (χ0v) is 10.6. The largest absolute Gasteiger partial charge is 0.469 e. The van der Waals surface area contributed by atoms with Crippen molar-refractivity contribution in [1.29, 1.82) is 0 Å². The second-order valence-electron chi connectivity index (χ2n) is 3.11. The maximum atomic E-state index is 11.7. The van der Waals surface area contributed by atoms with Gasteiger partial charge in [-0.1, -0.05) is 11.6 Å². The van der Waals surface area contributed by atoms with E-state index < -0.39 is 0 Å². The molecule has 1 rings (SSSR count). The van der Waals surface area contributed by atoms with Gasteiger partial charge in [-0.3, -0.25) is 9.59 Å². The molecule has 0 spiro atoms. The second-order valence-corrected chi connectivity index (χ2v) is 4.80. The van der Waals surface area contributed by atoms with E-state index in [9.17, 15) is 9.59 Å². The number of carbonyl (C=O) groups excluding carboxylic acids is 2. The Balaban J connectivity index is 2.51. The van der Waals surface area contributed by atoms with Crippen LogP contribution in [0.4, 0.5) is 5.00 Å². The van der Waals surface area contributed by atoms with Crippen molar-refractivity contribution in [3.8, 4) is 0 Å². The van der Waals surface area contributed by atoms with Crippen LogP contribution in [-0.2, 0) is 14.3 Å². The molecule has 0 bridgehead atoms. The maximum absolute atomic E-state index is 11.7. The molecule has 0 aliphatic carbocycles. The number of thiophene rings is 1. The number of hydrogen-bond acceptors (Lipinski definition) is 4. The van der Waals surface area contributed by atoms with Gasteiger partial charge in [0, 0.05) is 13.5 Å². The fraction of sp³-hybridized carbons (Fsp3) is 0.400. The number of carbonyl (C=O) groups is 2. The van der Waals surface area contributed by atoms with Crippen molar-refractivity contribution in [2.45, 2.75) is 12.8 Å². The minimum atomic E-state index is -0.383. The van der Waals surface area contributed by atoms with Crippen molar-refractivity contribution in [3.05, 3.63) is 16.5 Å². The Morgan fingerprint density at radius 3 is 2.62 bits per heavy atom. The quantitative estimate of drug-likeness (QED) is 0.782. The fourth-order valence-corrected chi connectivity index (χ4v) is 2.10. The summed E-state index contributed by atoms with van der Waals surface area (Å²) in [7, 11) is 2.96. The molecule has 6 heteroatoms. The lowest BCUT2D eigenvalue weighted by molar-refractivity contribution is -0.141. The van der Waals surface area contributed by atoms with Gasteiger partial charge in [0.2, 0.25) is 5.91 Å². The molecule has 0 aliphatic heterocycles. The molecule has 4 nitrogen and oxygen atoms in total. The van der Waals surface area contributed by atoms with Crippen molar-refractivity contribution in [3.63, 3.8) is 0 Å². The minimum Gasteiger partial charge on any atom is -0.469 e. The first-order chi connectivity index (χ1) is 7.54. The van der Waals surface area contributed by atoms with E-state index >= 15 is 0 Å². The zero-order chi connectivity index (χ0) is 12.1. The van der Waals surface area contributed by atoms with Gasteiger partial charge in [0.1, 0.15) is 0 Å². The Hall–Kier alpha value is -1.07. The molecule has 0 unspecified atom stereocenters. The topological polar surface area (TPSA) is 46.6 Å². The lowest BCUT2D eigenvalue weighted by Gasteiger charge is -2.14. The summed E-state index contributed by atoms with van der Waals surface area (Å²) in [4.78, 5) is 24.0. The van der Waals surface area contributed by atoms with E-state index in [0.717, 1.165) is 5.00 Å². The normalized spacial score (nSPS) is 9.94. The minimum absolute atomic E-state index is 0.0960. The van der Waals surface area contributed by atoms with Crippen LogP contribution >= 0.6 is 22.9 Å². The van der Waals surface area contributed by atoms with Gasteiger partial charge in [-0.15, -0.1) is 11.3 Å². The van der Waals surface area contributed by atoms with Crippen LogP contribution < -0.4 is 4.90 Å². The van der Waals surface area contributed by atoms with Gasteiger partial charge in [0.05, 0.1) is 22.9 Å². The van der Waals surface area contributed by atoms with Crippen LogP contribution in [0, 0.1) is 0 Å². The number of nitrogens with zero attached hydrogens (tertiary/aromatic N) is 1. The first kappa shape index (κ1) is 13.0. The molecular formula is C10H12ClNO3S. The van der Waals surface area contributed by atoms with Crippen molar-refractivity contribution in [1.82, 2.24) is 0 Å². The van der Waals surface area contributed by atoms with Gasteiger partial charge in [0.25, 0.3) is 0 Å². The van der Waals surface area contributed by atoms with Crippen LogP contribution in [0.25, 0.3) is 0 Å². The van der Waals surface area contributed by atoms with Crippen molar-refractivity contribution >= 4 is 39.8 Å². The highest BCUT2D eigenvalue weighted by molar-refractivity contribution is 7.20. The molecule has 0 saturated carbocycles. The molecule has 0 fully saturated rings. The summed E-state index contributed by atoms with van der Waals surface area (Å²) < 4.78 is 5.09. The van der Waals surface area contributed by atoms with Gasteiger partial charge < -0.3 is 9.64 Å². The summed E-state index contributed by atoms with van der Waals surface area (Å²) in [6.07, 6.45) is 0.234. The summed E-state index contributed by atoms with van der Waals surface area (Å²) >= 11 is 7.08. The average Bonchev–Trinajstić information content (AvgIpc) is 2.71. The third-order valence-corrected chi connectivity index (χ3v) is 3.34. The fourth-order valence-electron chi connectivity index (χ4n) is 1.09. The summed E-state index contributed by atoms with van der Waals surface area (Å²) in [5, 5.41) is 0.764. The van der Waals surface area contributed by atoms with Crippen LogP contribution in [-0.4, -0.2) is 26.0 Å². The standard InChI is InChI=1S/C10H12ClNO3S/c1-12(9-5-3-7(11)16-9)8(13)4-6-10(14)15-2/h3,5H,4,6H2,1-2H3. The molecule has 1 aromatic heterocycles. The molecule has 16 heavy (non-hydrogen) atoms. The predicted octanol–water partition coefficient (Wildman–Crippen LogP) is 2.32.